The van der Waals surface area contributed by atoms with E-state index in [1.54, 1.807) is 30.5 Å². The number of thiocarbonyl (C=S) groups is 1. The summed E-state index contributed by atoms with van der Waals surface area (Å²) in [7, 11) is 0. The number of benzene rings is 2. The van der Waals surface area contributed by atoms with Crippen LogP contribution in [0.15, 0.2) is 89.5 Å². The van der Waals surface area contributed by atoms with E-state index in [2.05, 4.69) is 16.4 Å². The first-order valence-corrected chi connectivity index (χ1v) is 10.9. The highest BCUT2D eigenvalue weighted by atomic mass is 32.1. The lowest BCUT2D eigenvalue weighted by atomic mass is 10.0. The van der Waals surface area contributed by atoms with E-state index >= 15 is 0 Å². The molecule has 6 nitrogen and oxygen atoms in total. The minimum atomic E-state index is -1.000. The van der Waals surface area contributed by atoms with Gasteiger partial charge in [0.05, 0.1) is 17.3 Å². The lowest BCUT2D eigenvalue weighted by Crippen LogP contribution is -2.29. The van der Waals surface area contributed by atoms with E-state index in [1.165, 1.54) is 0 Å². The Bertz CT molecular complexity index is 1340. The van der Waals surface area contributed by atoms with Gasteiger partial charge in [-0.1, -0.05) is 36.4 Å². The van der Waals surface area contributed by atoms with Crippen molar-refractivity contribution in [1.29, 1.82) is 0 Å². The fraction of sp³-hybridized carbons (Fsp3) is 0.115. The van der Waals surface area contributed by atoms with E-state index in [4.69, 9.17) is 16.6 Å². The number of carboxylic acids is 1. The molecular formula is C26H21N3O3S. The molecule has 2 aromatic carbocycles. The van der Waals surface area contributed by atoms with Crippen LogP contribution < -0.4 is 10.2 Å². The van der Waals surface area contributed by atoms with Gasteiger partial charge in [0.2, 0.25) is 0 Å². The van der Waals surface area contributed by atoms with Gasteiger partial charge in [-0.15, -0.1) is 0 Å². The molecule has 5 rings (SSSR count). The number of aromatic nitrogens is 1. The van der Waals surface area contributed by atoms with Gasteiger partial charge in [0, 0.05) is 17.4 Å². The maximum Gasteiger partial charge on any atom is 0.336 e. The Kier molecular flexibility index (Phi) is 5.40. The molecule has 7 heteroatoms. The van der Waals surface area contributed by atoms with Crippen molar-refractivity contribution in [2.75, 3.05) is 4.90 Å². The second-order valence-electron chi connectivity index (χ2n) is 7.89. The Hall–Kier alpha value is -3.97. The van der Waals surface area contributed by atoms with Gasteiger partial charge in [0.25, 0.3) is 0 Å². The summed E-state index contributed by atoms with van der Waals surface area (Å²) >= 11 is 5.74. The number of aryl methyl sites for hydroxylation is 1. The summed E-state index contributed by atoms with van der Waals surface area (Å²) < 4.78 is 6.29. The van der Waals surface area contributed by atoms with Gasteiger partial charge in [0.1, 0.15) is 17.6 Å². The van der Waals surface area contributed by atoms with E-state index in [0.29, 0.717) is 22.2 Å². The molecule has 4 aromatic rings. The maximum absolute atomic E-state index is 11.7. The molecule has 3 heterocycles. The average molecular weight is 456 g/mol. The molecule has 0 saturated carbocycles. The Balaban J connectivity index is 1.62. The van der Waals surface area contributed by atoms with Gasteiger partial charge in [-0.25, -0.2) is 4.79 Å². The first-order chi connectivity index (χ1) is 16.0. The number of nitrogens with one attached hydrogen (secondary N) is 1. The van der Waals surface area contributed by atoms with Crippen LogP contribution in [0, 0.1) is 6.92 Å². The Labute approximate surface area is 196 Å². The number of pyridine rings is 1. The molecule has 0 bridgehead atoms. The van der Waals surface area contributed by atoms with Crippen LogP contribution in [0.5, 0.6) is 0 Å². The molecule has 0 radical (unpaired) electrons. The number of aromatic carboxylic acids is 1. The second-order valence-corrected chi connectivity index (χ2v) is 8.28. The summed E-state index contributed by atoms with van der Waals surface area (Å²) in [5.74, 6) is 0.152. The van der Waals surface area contributed by atoms with Crippen molar-refractivity contribution in [2.45, 2.75) is 19.0 Å². The van der Waals surface area contributed by atoms with Crippen molar-refractivity contribution >= 4 is 29.0 Å². The van der Waals surface area contributed by atoms with Crippen LogP contribution in [0.4, 0.5) is 5.69 Å². The number of carbonyl (C=O) groups is 1. The van der Waals surface area contributed by atoms with Crippen LogP contribution in [0.1, 0.15) is 39.5 Å². The predicted molar refractivity (Wildman–Crippen MR) is 130 cm³/mol. The molecule has 0 spiro atoms. The first kappa shape index (κ1) is 20.9. The van der Waals surface area contributed by atoms with Crippen LogP contribution in [-0.2, 0) is 0 Å². The highest BCUT2D eigenvalue weighted by molar-refractivity contribution is 7.80. The molecule has 1 fully saturated rings. The number of hydrogen-bond donors (Lipinski definition) is 2. The molecule has 33 heavy (non-hydrogen) atoms. The predicted octanol–water partition coefficient (Wildman–Crippen LogP) is 5.53. The topological polar surface area (TPSA) is 78.6 Å². The van der Waals surface area contributed by atoms with Crippen LogP contribution in [0.2, 0.25) is 0 Å². The van der Waals surface area contributed by atoms with Crippen molar-refractivity contribution in [3.63, 3.8) is 0 Å². The fourth-order valence-corrected chi connectivity index (χ4v) is 4.59. The van der Waals surface area contributed by atoms with Gasteiger partial charge >= 0.3 is 5.97 Å². The van der Waals surface area contributed by atoms with Gasteiger partial charge < -0.3 is 19.7 Å². The highest BCUT2D eigenvalue weighted by Crippen LogP contribution is 2.43. The molecule has 1 saturated heterocycles. The van der Waals surface area contributed by atoms with Crippen molar-refractivity contribution in [1.82, 2.24) is 10.3 Å². The van der Waals surface area contributed by atoms with Crippen molar-refractivity contribution < 1.29 is 14.3 Å². The lowest BCUT2D eigenvalue weighted by molar-refractivity contribution is 0.0697. The molecule has 0 unspecified atom stereocenters. The van der Waals surface area contributed by atoms with Gasteiger partial charge in [-0.05, 0) is 67.2 Å². The second kappa shape index (κ2) is 8.52. The summed E-state index contributed by atoms with van der Waals surface area (Å²) in [4.78, 5) is 18.3. The molecule has 2 atom stereocenters. The van der Waals surface area contributed by atoms with Crippen molar-refractivity contribution in [2.24, 2.45) is 0 Å². The molecule has 164 valence electrons. The molecule has 1 aliphatic rings. The van der Waals surface area contributed by atoms with E-state index in [0.717, 1.165) is 16.9 Å². The maximum atomic E-state index is 11.7. The third-order valence-electron chi connectivity index (χ3n) is 5.72. The zero-order chi connectivity index (χ0) is 22.9. The minimum Gasteiger partial charge on any atom is -0.478 e. The van der Waals surface area contributed by atoms with E-state index < -0.39 is 5.97 Å². The summed E-state index contributed by atoms with van der Waals surface area (Å²) in [5, 5.41) is 13.6. The van der Waals surface area contributed by atoms with Crippen LogP contribution in [0.3, 0.4) is 0 Å². The monoisotopic (exact) mass is 455 g/mol. The smallest absolute Gasteiger partial charge is 0.336 e. The summed E-state index contributed by atoms with van der Waals surface area (Å²) in [5.41, 5.74) is 3.62. The molecule has 2 aromatic heterocycles. The molecular weight excluding hydrogens is 434 g/mol. The summed E-state index contributed by atoms with van der Waals surface area (Å²) in [6.07, 6.45) is 1.75. The van der Waals surface area contributed by atoms with Crippen LogP contribution in [-0.4, -0.2) is 21.2 Å². The van der Waals surface area contributed by atoms with E-state index in [1.807, 2.05) is 60.4 Å². The number of anilines is 1. The third-order valence-corrected chi connectivity index (χ3v) is 6.03. The van der Waals surface area contributed by atoms with Crippen LogP contribution in [0.25, 0.3) is 11.3 Å². The van der Waals surface area contributed by atoms with Gasteiger partial charge in [-0.3, -0.25) is 4.98 Å². The minimum absolute atomic E-state index is 0.190. The number of rotatable bonds is 5. The average Bonchev–Trinajstić information content (AvgIpc) is 3.44. The quantitative estimate of drug-likeness (QED) is 0.383. The largest absolute Gasteiger partial charge is 0.478 e. The normalized spacial score (nSPS) is 17.7. The molecule has 0 amide bonds. The Morgan fingerprint density at radius 1 is 1.06 bits per heavy atom. The van der Waals surface area contributed by atoms with Crippen molar-refractivity contribution in [3.8, 4) is 11.3 Å². The molecule has 2 N–H and O–H groups in total. The third kappa shape index (κ3) is 3.87. The van der Waals surface area contributed by atoms with Crippen molar-refractivity contribution in [3.05, 3.63) is 108 Å². The molecule has 0 aliphatic carbocycles. The SMILES string of the molecule is Cc1cccc(N2C(=S)N[C@@H](c3ccccn3)[C@H]2c2ccc(-c3ccccc3C(=O)O)o2)c1. The first-order valence-electron chi connectivity index (χ1n) is 10.5. The number of hydrogen-bond acceptors (Lipinski definition) is 4. The summed E-state index contributed by atoms with van der Waals surface area (Å²) in [6.45, 7) is 2.04. The number of nitrogens with zero attached hydrogens (tertiary/aromatic N) is 2. The van der Waals surface area contributed by atoms with Gasteiger partial charge in [0.15, 0.2) is 5.11 Å². The Morgan fingerprint density at radius 3 is 2.64 bits per heavy atom. The van der Waals surface area contributed by atoms with Crippen LogP contribution >= 0.6 is 12.2 Å². The number of furan rings is 1. The molecule has 1 aliphatic heterocycles. The number of carboxylic acid groups (broad SMARTS) is 1. The zero-order valence-corrected chi connectivity index (χ0v) is 18.6. The van der Waals surface area contributed by atoms with Gasteiger partial charge in [-0.2, -0.15) is 0 Å². The lowest BCUT2D eigenvalue weighted by Gasteiger charge is -2.26. The van der Waals surface area contributed by atoms with E-state index in [9.17, 15) is 9.90 Å². The zero-order valence-electron chi connectivity index (χ0n) is 17.8. The highest BCUT2D eigenvalue weighted by Gasteiger charge is 2.42. The summed E-state index contributed by atoms with van der Waals surface area (Å²) in [6, 6.07) is 23.8. The van der Waals surface area contributed by atoms with E-state index in [-0.39, 0.29) is 17.6 Å². The Morgan fingerprint density at radius 2 is 1.88 bits per heavy atom. The standard InChI is InChI=1S/C26H21N3O3S/c1-16-7-6-8-17(15-16)29-24(23(28-26(29)33)20-11-4-5-14-27-20)22-13-12-21(32-22)18-9-2-3-10-19(18)25(30)31/h2-15,23-24H,1H3,(H,28,33)(H,30,31)/t23-,24+/m0/s1. The fourth-order valence-electron chi connectivity index (χ4n) is 4.24.